The molecule has 1 aromatic carbocycles. The zero-order valence-electron chi connectivity index (χ0n) is 25.2. The first kappa shape index (κ1) is 31.0. The molecule has 0 radical (unpaired) electrons. The van der Waals surface area contributed by atoms with Gasteiger partial charge in [0, 0.05) is 44.2 Å². The fourth-order valence-corrected chi connectivity index (χ4v) is 6.17. The lowest BCUT2D eigenvalue weighted by atomic mass is 10.0. The Morgan fingerprint density at radius 2 is 1.93 bits per heavy atom. The summed E-state index contributed by atoms with van der Waals surface area (Å²) in [6.45, 7) is 10.1. The number of fused-ring (bicyclic) bond motifs is 1. The number of carbonyl (C=O) groups is 2. The minimum Gasteiger partial charge on any atom is -0.493 e. The van der Waals surface area contributed by atoms with Gasteiger partial charge in [0.05, 0.1) is 36.4 Å². The van der Waals surface area contributed by atoms with Crippen molar-refractivity contribution < 1.29 is 33.7 Å². The average molecular weight is 613 g/mol. The van der Waals surface area contributed by atoms with Gasteiger partial charge in [-0.1, -0.05) is 19.6 Å². The van der Waals surface area contributed by atoms with Crippen molar-refractivity contribution in [3.8, 4) is 16.9 Å². The van der Waals surface area contributed by atoms with E-state index in [1.54, 1.807) is 18.3 Å². The molecule has 43 heavy (non-hydrogen) atoms. The molecule has 2 aromatic heterocycles. The van der Waals surface area contributed by atoms with Gasteiger partial charge in [0.15, 0.2) is 0 Å². The molecule has 1 aliphatic carbocycles. The fourth-order valence-electron chi connectivity index (χ4n) is 5.41. The van der Waals surface area contributed by atoms with E-state index in [0.29, 0.717) is 58.3 Å². The smallest absolute Gasteiger partial charge is 0.407 e. The zero-order valence-corrected chi connectivity index (χ0v) is 26.2. The Bertz CT molecular complexity index is 1500. The number of nitrogens with one attached hydrogen (secondary N) is 1. The summed E-state index contributed by atoms with van der Waals surface area (Å²) in [6.07, 6.45) is 1.96. The van der Waals surface area contributed by atoms with E-state index >= 15 is 0 Å². The van der Waals surface area contributed by atoms with Crippen molar-refractivity contribution in [2.75, 3.05) is 26.3 Å². The van der Waals surface area contributed by atoms with Crippen LogP contribution < -0.4 is 10.1 Å². The third-order valence-corrected chi connectivity index (χ3v) is 9.92. The number of benzene rings is 1. The van der Waals surface area contributed by atoms with Crippen LogP contribution in [-0.4, -0.2) is 83.2 Å². The Morgan fingerprint density at radius 1 is 1.16 bits per heavy atom. The Kier molecular flexibility index (Phi) is 9.09. The van der Waals surface area contributed by atoms with Crippen LogP contribution >= 0.6 is 0 Å². The van der Waals surface area contributed by atoms with Gasteiger partial charge < -0.3 is 34.5 Å². The summed E-state index contributed by atoms with van der Waals surface area (Å²) >= 11 is 0. The molecule has 10 nitrogen and oxygen atoms in total. The second-order valence-electron chi connectivity index (χ2n) is 12.9. The van der Waals surface area contributed by atoms with Crippen LogP contribution in [0.15, 0.2) is 30.5 Å². The predicted octanol–water partition coefficient (Wildman–Crippen LogP) is 5.09. The van der Waals surface area contributed by atoms with Gasteiger partial charge in [-0.3, -0.25) is 9.78 Å². The van der Waals surface area contributed by atoms with Crippen molar-refractivity contribution in [1.82, 2.24) is 19.8 Å². The number of aromatic nitrogens is 2. The van der Waals surface area contributed by atoms with Crippen molar-refractivity contribution in [1.29, 1.82) is 0 Å². The number of rotatable bonds is 11. The van der Waals surface area contributed by atoms with Gasteiger partial charge in [-0.05, 0) is 62.4 Å². The second kappa shape index (κ2) is 12.6. The van der Waals surface area contributed by atoms with E-state index < -0.39 is 38.0 Å². The van der Waals surface area contributed by atoms with E-state index in [1.165, 1.54) is 12.1 Å². The average Bonchev–Trinajstić information content (AvgIpc) is 3.73. The topological polar surface area (TPSA) is 126 Å². The van der Waals surface area contributed by atoms with E-state index in [2.05, 4.69) is 29.9 Å². The summed E-state index contributed by atoms with van der Waals surface area (Å²) in [7, 11) is -1.34. The number of aliphatic hydroxyl groups excluding tert-OH is 1. The maximum Gasteiger partial charge on any atom is 0.407 e. The molecule has 12 heteroatoms. The molecular weight excluding hydrogens is 571 g/mol. The monoisotopic (exact) mass is 612 g/mol. The number of halogens is 1. The fraction of sp³-hybridized carbons (Fsp3) is 0.516. The van der Waals surface area contributed by atoms with Crippen LogP contribution in [0.5, 0.6) is 5.75 Å². The zero-order chi connectivity index (χ0) is 30.9. The number of likely N-dealkylation sites (tertiary alicyclic amines) is 1. The summed E-state index contributed by atoms with van der Waals surface area (Å²) in [5.74, 6) is 0.240. The molecule has 232 valence electrons. The lowest BCUT2D eigenvalue weighted by Crippen LogP contribution is -2.55. The molecule has 2 unspecified atom stereocenters. The van der Waals surface area contributed by atoms with Crippen LogP contribution in [-0.2, 0) is 11.5 Å². The van der Waals surface area contributed by atoms with Crippen molar-refractivity contribution >= 4 is 31.1 Å². The molecule has 1 saturated heterocycles. The van der Waals surface area contributed by atoms with Gasteiger partial charge >= 0.3 is 6.09 Å². The quantitative estimate of drug-likeness (QED) is 0.203. The van der Waals surface area contributed by atoms with E-state index in [1.807, 2.05) is 11.5 Å². The number of carbonyl (C=O) groups excluding carboxylic acids is 1. The molecule has 5 rings (SSSR count). The van der Waals surface area contributed by atoms with E-state index in [0.717, 1.165) is 23.8 Å². The first-order valence-electron chi connectivity index (χ1n) is 14.9. The molecule has 2 amide bonds. The van der Waals surface area contributed by atoms with Gasteiger partial charge in [0.1, 0.15) is 23.8 Å². The molecule has 2 aliphatic rings. The van der Waals surface area contributed by atoms with Gasteiger partial charge in [-0.2, -0.15) is 0 Å². The van der Waals surface area contributed by atoms with Crippen LogP contribution in [0.1, 0.15) is 35.3 Å². The number of nitrogens with zero attached hydrogens (tertiary/aromatic N) is 3. The van der Waals surface area contributed by atoms with Crippen molar-refractivity contribution in [2.45, 2.75) is 70.7 Å². The number of β-amino-alcohol motifs (C(OH)–C–C–N with tert-alkyl or cyclic N) is 1. The van der Waals surface area contributed by atoms with Crippen LogP contribution in [0.4, 0.5) is 9.18 Å². The first-order chi connectivity index (χ1) is 20.4. The highest BCUT2D eigenvalue weighted by atomic mass is 28.3. The molecule has 3 N–H and O–H groups in total. The maximum absolute atomic E-state index is 14.7. The summed E-state index contributed by atoms with van der Waals surface area (Å²) in [5.41, 5.74) is 3.24. The highest BCUT2D eigenvalue weighted by molar-refractivity contribution is 6.76. The Hall–Kier alpha value is -3.48. The molecular formula is C31H41FN4O6Si. The van der Waals surface area contributed by atoms with Gasteiger partial charge in [-0.25, -0.2) is 9.18 Å². The third-order valence-electron chi connectivity index (χ3n) is 8.21. The third kappa shape index (κ3) is 7.19. The highest BCUT2D eigenvalue weighted by Crippen LogP contribution is 2.39. The molecule has 1 saturated carbocycles. The summed E-state index contributed by atoms with van der Waals surface area (Å²) < 4.78 is 28.8. The minimum absolute atomic E-state index is 0.0858. The molecule has 3 heterocycles. The lowest BCUT2D eigenvalue weighted by Gasteiger charge is -2.34. The van der Waals surface area contributed by atoms with Crippen LogP contribution in [0, 0.1) is 18.7 Å². The van der Waals surface area contributed by atoms with E-state index in [-0.39, 0.29) is 26.2 Å². The lowest BCUT2D eigenvalue weighted by molar-refractivity contribution is 0.0391. The van der Waals surface area contributed by atoms with E-state index in [9.17, 15) is 24.2 Å². The second-order valence-corrected chi connectivity index (χ2v) is 18.5. The Labute approximate surface area is 251 Å². The van der Waals surface area contributed by atoms with Crippen LogP contribution in [0.3, 0.4) is 0 Å². The van der Waals surface area contributed by atoms with Crippen molar-refractivity contribution in [3.63, 3.8) is 0 Å². The van der Waals surface area contributed by atoms with Crippen molar-refractivity contribution in [2.24, 2.45) is 5.92 Å². The summed E-state index contributed by atoms with van der Waals surface area (Å²) in [6, 6.07) is 6.62. The number of piperidine rings is 1. The molecule has 2 atom stereocenters. The Balaban J connectivity index is 1.53. The highest BCUT2D eigenvalue weighted by Gasteiger charge is 2.33. The number of aliphatic hydroxyl groups is 1. The van der Waals surface area contributed by atoms with Crippen molar-refractivity contribution in [3.05, 3.63) is 47.5 Å². The van der Waals surface area contributed by atoms with E-state index in [4.69, 9.17) is 9.47 Å². The number of carboxylic acid groups (broad SMARTS) is 1. The number of pyridine rings is 1. The molecule has 1 aliphatic heterocycles. The molecule has 2 fully saturated rings. The molecule has 0 bridgehead atoms. The number of amides is 2. The molecule has 0 spiro atoms. The largest absolute Gasteiger partial charge is 0.493 e. The van der Waals surface area contributed by atoms with Crippen LogP contribution in [0.25, 0.3) is 22.2 Å². The van der Waals surface area contributed by atoms with Crippen LogP contribution in [0.2, 0.25) is 25.7 Å². The first-order valence-corrected chi connectivity index (χ1v) is 18.6. The molecule has 3 aromatic rings. The summed E-state index contributed by atoms with van der Waals surface area (Å²) in [4.78, 5) is 30.9. The Morgan fingerprint density at radius 3 is 2.60 bits per heavy atom. The standard InChI is InChI=1S/C31H41FN4O6Si/c1-19-27(30(38)34-24-10-12-35(31(39)40)16-25(24)37)28-29(36(19)18-41-13-14-43(2,3)4)22(9-11-33-28)23-15-21(32)7-8-26(23)42-17-20-5-6-20/h7-9,11,15,20,24-25,37H,5-6,10,12-14,16-18H2,1-4H3,(H,34,38)(H,39,40). The summed E-state index contributed by atoms with van der Waals surface area (Å²) in [5, 5.41) is 22.8. The number of hydrogen-bond donors (Lipinski definition) is 3. The van der Waals surface area contributed by atoms with Gasteiger partial charge in [0.25, 0.3) is 5.91 Å². The van der Waals surface area contributed by atoms with Gasteiger partial charge in [-0.15, -0.1) is 0 Å². The normalized spacial score (nSPS) is 19.1. The SMILES string of the molecule is Cc1c(C(=O)NC2CCN(C(=O)O)CC2O)c2nccc(-c3cc(F)ccc3OCC3CC3)c2n1COCC[Si](C)(C)C. The minimum atomic E-state index is -1.34. The number of ether oxygens (including phenoxy) is 2. The predicted molar refractivity (Wildman–Crippen MR) is 164 cm³/mol. The number of hydrogen-bond acceptors (Lipinski definition) is 6. The van der Waals surface area contributed by atoms with Gasteiger partial charge in [0.2, 0.25) is 0 Å². The maximum atomic E-state index is 14.7.